The van der Waals surface area contributed by atoms with E-state index in [4.69, 9.17) is 4.74 Å². The molecule has 2 nitrogen and oxygen atoms in total. The molecule has 0 spiro atoms. The van der Waals surface area contributed by atoms with Crippen LogP contribution >= 0.6 is 0 Å². The summed E-state index contributed by atoms with van der Waals surface area (Å²) in [6, 6.07) is 0. The fourth-order valence-electron chi connectivity index (χ4n) is 1.90. The summed E-state index contributed by atoms with van der Waals surface area (Å²) in [7, 11) is 1.75. The van der Waals surface area contributed by atoms with Gasteiger partial charge in [0.2, 0.25) is 0 Å². The number of rotatable bonds is 6. The average molecular weight is 171 g/mol. The van der Waals surface area contributed by atoms with Crippen molar-refractivity contribution in [3.05, 3.63) is 0 Å². The third-order valence-corrected chi connectivity index (χ3v) is 2.69. The Morgan fingerprint density at radius 1 is 1.25 bits per heavy atom. The summed E-state index contributed by atoms with van der Waals surface area (Å²) in [5.74, 6) is 1.01. The fourth-order valence-corrected chi connectivity index (χ4v) is 1.90. The molecule has 0 aromatic rings. The van der Waals surface area contributed by atoms with Crippen molar-refractivity contribution in [3.63, 3.8) is 0 Å². The summed E-state index contributed by atoms with van der Waals surface area (Å²) < 4.78 is 4.95. The van der Waals surface area contributed by atoms with Crippen LogP contribution in [0.5, 0.6) is 0 Å². The number of hydrogen-bond acceptors (Lipinski definition) is 2. The second kappa shape index (κ2) is 6.44. The summed E-state index contributed by atoms with van der Waals surface area (Å²) in [6.07, 6.45) is 7.22. The van der Waals surface area contributed by atoms with Crippen molar-refractivity contribution in [2.45, 2.75) is 32.1 Å². The molecule has 1 aliphatic rings. The van der Waals surface area contributed by atoms with Crippen molar-refractivity contribution in [2.75, 3.05) is 26.8 Å². The molecule has 1 fully saturated rings. The van der Waals surface area contributed by atoms with E-state index in [0.717, 1.165) is 19.1 Å². The molecule has 1 saturated carbocycles. The predicted octanol–water partition coefficient (Wildman–Crippen LogP) is 1.80. The smallest absolute Gasteiger partial charge is 0.0587 e. The summed E-state index contributed by atoms with van der Waals surface area (Å²) in [6.45, 7) is 3.02. The normalized spacial score (nSPS) is 18.8. The van der Waals surface area contributed by atoms with Crippen LogP contribution in [0.25, 0.3) is 0 Å². The molecule has 0 aromatic carbocycles. The van der Waals surface area contributed by atoms with Crippen LogP contribution in [-0.4, -0.2) is 26.8 Å². The Morgan fingerprint density at radius 2 is 2.00 bits per heavy atom. The first-order valence-electron chi connectivity index (χ1n) is 5.13. The zero-order valence-electron chi connectivity index (χ0n) is 8.14. The highest BCUT2D eigenvalue weighted by Crippen LogP contribution is 2.26. The van der Waals surface area contributed by atoms with Crippen molar-refractivity contribution < 1.29 is 4.74 Å². The Hall–Kier alpha value is -0.0800. The summed E-state index contributed by atoms with van der Waals surface area (Å²) in [4.78, 5) is 0. The summed E-state index contributed by atoms with van der Waals surface area (Å²) in [5.41, 5.74) is 0. The Kier molecular flexibility index (Phi) is 5.37. The van der Waals surface area contributed by atoms with Crippen molar-refractivity contribution >= 4 is 0 Å². The zero-order valence-corrected chi connectivity index (χ0v) is 8.14. The van der Waals surface area contributed by atoms with E-state index < -0.39 is 0 Å². The second-order valence-electron chi connectivity index (χ2n) is 3.68. The lowest BCUT2D eigenvalue weighted by atomic mass is 10.0. The molecular formula is C10H21NO. The Bertz CT molecular complexity index is 100. The average Bonchev–Trinajstić information content (AvgIpc) is 2.57. The van der Waals surface area contributed by atoms with Gasteiger partial charge in [0.1, 0.15) is 0 Å². The van der Waals surface area contributed by atoms with Crippen LogP contribution in [0.2, 0.25) is 0 Å². The first-order valence-corrected chi connectivity index (χ1v) is 5.13. The monoisotopic (exact) mass is 171 g/mol. The van der Waals surface area contributed by atoms with Gasteiger partial charge in [-0.1, -0.05) is 25.7 Å². The van der Waals surface area contributed by atoms with Crippen LogP contribution in [0.15, 0.2) is 0 Å². The van der Waals surface area contributed by atoms with E-state index in [0.29, 0.717) is 0 Å². The van der Waals surface area contributed by atoms with Gasteiger partial charge in [0.25, 0.3) is 0 Å². The highest BCUT2D eigenvalue weighted by molar-refractivity contribution is 4.67. The molecule has 2 heteroatoms. The van der Waals surface area contributed by atoms with Crippen molar-refractivity contribution in [3.8, 4) is 0 Å². The molecule has 1 rings (SSSR count). The molecule has 0 heterocycles. The number of nitrogens with one attached hydrogen (secondary N) is 1. The van der Waals surface area contributed by atoms with Crippen molar-refractivity contribution in [1.82, 2.24) is 5.32 Å². The van der Waals surface area contributed by atoms with Crippen LogP contribution in [0.1, 0.15) is 32.1 Å². The number of hydrogen-bond donors (Lipinski definition) is 1. The molecule has 12 heavy (non-hydrogen) atoms. The molecule has 72 valence electrons. The van der Waals surface area contributed by atoms with Gasteiger partial charge in [0.15, 0.2) is 0 Å². The molecule has 1 aliphatic carbocycles. The molecule has 0 aromatic heterocycles. The lowest BCUT2D eigenvalue weighted by Gasteiger charge is -2.08. The molecule has 0 aliphatic heterocycles. The van der Waals surface area contributed by atoms with Crippen molar-refractivity contribution in [1.29, 1.82) is 0 Å². The number of ether oxygens (including phenoxy) is 1. The minimum Gasteiger partial charge on any atom is -0.383 e. The second-order valence-corrected chi connectivity index (χ2v) is 3.68. The largest absolute Gasteiger partial charge is 0.383 e. The highest BCUT2D eigenvalue weighted by Gasteiger charge is 2.13. The fraction of sp³-hybridized carbons (Fsp3) is 1.00. The van der Waals surface area contributed by atoms with Crippen LogP contribution in [0, 0.1) is 5.92 Å². The lowest BCUT2D eigenvalue weighted by molar-refractivity contribution is 0.199. The topological polar surface area (TPSA) is 21.3 Å². The Balaban J connectivity index is 1.81. The van der Waals surface area contributed by atoms with Gasteiger partial charge in [-0.15, -0.1) is 0 Å². The summed E-state index contributed by atoms with van der Waals surface area (Å²) >= 11 is 0. The van der Waals surface area contributed by atoms with E-state index in [1.54, 1.807) is 7.11 Å². The molecule has 0 bridgehead atoms. The van der Waals surface area contributed by atoms with E-state index in [-0.39, 0.29) is 0 Å². The highest BCUT2D eigenvalue weighted by atomic mass is 16.5. The molecule has 1 N–H and O–H groups in total. The van der Waals surface area contributed by atoms with Crippen LogP contribution in [0.4, 0.5) is 0 Å². The summed E-state index contributed by atoms with van der Waals surface area (Å²) in [5, 5.41) is 3.39. The van der Waals surface area contributed by atoms with Gasteiger partial charge in [-0.25, -0.2) is 0 Å². The van der Waals surface area contributed by atoms with E-state index in [1.165, 1.54) is 38.6 Å². The lowest BCUT2D eigenvalue weighted by Crippen LogP contribution is -2.21. The van der Waals surface area contributed by atoms with Crippen LogP contribution in [0.3, 0.4) is 0 Å². The maximum absolute atomic E-state index is 4.95. The molecule has 0 radical (unpaired) electrons. The number of methoxy groups -OCH3 is 1. The van der Waals surface area contributed by atoms with E-state index >= 15 is 0 Å². The van der Waals surface area contributed by atoms with E-state index in [1.807, 2.05) is 0 Å². The van der Waals surface area contributed by atoms with E-state index in [9.17, 15) is 0 Å². The first-order chi connectivity index (χ1) is 5.93. The van der Waals surface area contributed by atoms with Gasteiger partial charge in [0, 0.05) is 13.7 Å². The van der Waals surface area contributed by atoms with Crippen molar-refractivity contribution in [2.24, 2.45) is 5.92 Å². The Morgan fingerprint density at radius 3 is 2.67 bits per heavy atom. The van der Waals surface area contributed by atoms with Gasteiger partial charge in [-0.3, -0.25) is 0 Å². The van der Waals surface area contributed by atoms with Gasteiger partial charge in [0.05, 0.1) is 6.61 Å². The predicted molar refractivity (Wildman–Crippen MR) is 51.3 cm³/mol. The van der Waals surface area contributed by atoms with Gasteiger partial charge in [-0.2, -0.15) is 0 Å². The third kappa shape index (κ3) is 4.07. The van der Waals surface area contributed by atoms with Crippen LogP contribution < -0.4 is 5.32 Å². The molecular weight excluding hydrogens is 150 g/mol. The minimum absolute atomic E-state index is 0.838. The van der Waals surface area contributed by atoms with Crippen LogP contribution in [-0.2, 0) is 4.74 Å². The van der Waals surface area contributed by atoms with Gasteiger partial charge >= 0.3 is 0 Å². The van der Waals surface area contributed by atoms with E-state index in [2.05, 4.69) is 5.32 Å². The molecule has 0 saturated heterocycles. The minimum atomic E-state index is 0.838. The quantitative estimate of drug-likeness (QED) is 0.615. The van der Waals surface area contributed by atoms with Gasteiger partial charge < -0.3 is 10.1 Å². The first kappa shape index (κ1) is 10.0. The molecule has 0 atom stereocenters. The maximum atomic E-state index is 4.95. The standard InChI is InChI=1S/C10H21NO/c1-12-9-8-11-7-6-10-4-2-3-5-10/h10-11H,2-9H2,1H3. The maximum Gasteiger partial charge on any atom is 0.0587 e. The zero-order chi connectivity index (χ0) is 8.65. The SMILES string of the molecule is COCCNCCC1CCCC1. The van der Waals surface area contributed by atoms with Gasteiger partial charge in [-0.05, 0) is 18.9 Å². The molecule has 0 amide bonds. The third-order valence-electron chi connectivity index (χ3n) is 2.69. The Labute approximate surface area is 75.7 Å². The molecule has 0 unspecified atom stereocenters.